The minimum Gasteiger partial charge on any atom is -0.493 e. The van der Waals surface area contributed by atoms with E-state index >= 15 is 0 Å². The van der Waals surface area contributed by atoms with Crippen molar-refractivity contribution in [2.45, 2.75) is 36.8 Å². The molecule has 2 atom stereocenters. The van der Waals surface area contributed by atoms with Gasteiger partial charge in [0, 0.05) is 24.2 Å². The van der Waals surface area contributed by atoms with E-state index in [1.165, 1.54) is 5.75 Å². The zero-order valence-electron chi connectivity index (χ0n) is 12.3. The summed E-state index contributed by atoms with van der Waals surface area (Å²) in [6.07, 6.45) is 3.19. The lowest BCUT2D eigenvalue weighted by Gasteiger charge is -2.38. The molecule has 0 aliphatic carbocycles. The molecule has 2 fully saturated rings. The maximum Gasteiger partial charge on any atom is 0.165 e. The van der Waals surface area contributed by atoms with Gasteiger partial charge in [0.2, 0.25) is 0 Å². The zero-order chi connectivity index (χ0) is 14.7. The maximum absolute atomic E-state index is 6.29. The molecule has 0 aromatic heterocycles. The molecule has 1 aromatic rings. The lowest BCUT2D eigenvalue weighted by atomic mass is 9.91. The van der Waals surface area contributed by atoms with Gasteiger partial charge in [0.05, 0.1) is 25.2 Å². The molecule has 2 saturated heterocycles. The van der Waals surface area contributed by atoms with Gasteiger partial charge in [0.15, 0.2) is 11.5 Å². The van der Waals surface area contributed by atoms with Crippen molar-refractivity contribution in [3.05, 3.63) is 23.8 Å². The van der Waals surface area contributed by atoms with E-state index in [4.69, 9.17) is 25.8 Å². The van der Waals surface area contributed by atoms with E-state index in [1.807, 2.05) is 30.0 Å². The number of rotatable bonds is 4. The fraction of sp³-hybridized carbons (Fsp3) is 0.625. The summed E-state index contributed by atoms with van der Waals surface area (Å²) < 4.78 is 17.8. The number of alkyl halides is 1. The van der Waals surface area contributed by atoms with E-state index in [-0.39, 0.29) is 11.7 Å². The van der Waals surface area contributed by atoms with Crippen molar-refractivity contribution in [2.24, 2.45) is 0 Å². The molecule has 2 unspecified atom stereocenters. The third-order valence-corrected chi connectivity index (χ3v) is 5.73. The quantitative estimate of drug-likeness (QED) is 0.784. The van der Waals surface area contributed by atoms with Gasteiger partial charge in [0.25, 0.3) is 0 Å². The van der Waals surface area contributed by atoms with E-state index in [1.54, 1.807) is 7.11 Å². The first-order valence-electron chi connectivity index (χ1n) is 7.36. The molecule has 0 radical (unpaired) electrons. The molecule has 3 nitrogen and oxygen atoms in total. The van der Waals surface area contributed by atoms with Gasteiger partial charge in [-0.25, -0.2) is 0 Å². The van der Waals surface area contributed by atoms with Crippen LogP contribution in [-0.4, -0.2) is 36.9 Å². The van der Waals surface area contributed by atoms with Gasteiger partial charge >= 0.3 is 0 Å². The molecule has 116 valence electrons. The Bertz CT molecular complexity index is 466. The molecule has 1 aromatic carbocycles. The first-order chi connectivity index (χ1) is 10.3. The smallest absolute Gasteiger partial charge is 0.165 e. The number of hydrogen-bond donors (Lipinski definition) is 0. The fourth-order valence-electron chi connectivity index (χ4n) is 3.07. The minimum atomic E-state index is 0.0245. The van der Waals surface area contributed by atoms with Crippen LogP contribution in [0.3, 0.4) is 0 Å². The Kier molecular flexibility index (Phi) is 4.87. The topological polar surface area (TPSA) is 27.7 Å². The Morgan fingerprint density at radius 1 is 1.48 bits per heavy atom. The summed E-state index contributed by atoms with van der Waals surface area (Å²) in [5.41, 5.74) is 1.01. The summed E-state index contributed by atoms with van der Waals surface area (Å²) in [6.45, 7) is 0.774. The van der Waals surface area contributed by atoms with Crippen molar-refractivity contribution in [3.63, 3.8) is 0 Å². The van der Waals surface area contributed by atoms with Gasteiger partial charge in [-0.2, -0.15) is 11.8 Å². The third-order valence-electron chi connectivity index (χ3n) is 4.22. The normalized spacial score (nSPS) is 28.8. The standard InChI is InChI=1S/C16H21ClO3S/c1-18-14-4-2-3-12(10-17)15(14)20-13-5-7-19-16(9-13)6-8-21-11-16/h2-4,13H,5-11H2,1H3. The number of ether oxygens (including phenoxy) is 3. The van der Waals surface area contributed by atoms with Crippen molar-refractivity contribution >= 4 is 23.4 Å². The number of hydrogen-bond acceptors (Lipinski definition) is 4. The predicted molar refractivity (Wildman–Crippen MR) is 86.8 cm³/mol. The second-order valence-corrected chi connectivity index (χ2v) is 7.02. The van der Waals surface area contributed by atoms with Crippen molar-refractivity contribution < 1.29 is 14.2 Å². The van der Waals surface area contributed by atoms with Crippen LogP contribution in [0.4, 0.5) is 0 Å². The Hall–Kier alpha value is -0.580. The zero-order valence-corrected chi connectivity index (χ0v) is 13.8. The van der Waals surface area contributed by atoms with Crippen LogP contribution in [-0.2, 0) is 10.6 Å². The molecule has 21 heavy (non-hydrogen) atoms. The van der Waals surface area contributed by atoms with Crippen molar-refractivity contribution in [1.29, 1.82) is 0 Å². The van der Waals surface area contributed by atoms with Crippen LogP contribution >= 0.6 is 23.4 Å². The first kappa shape index (κ1) is 15.3. The minimum absolute atomic E-state index is 0.0245. The highest BCUT2D eigenvalue weighted by Gasteiger charge is 2.41. The summed E-state index contributed by atoms with van der Waals surface area (Å²) in [4.78, 5) is 0. The molecule has 0 saturated carbocycles. The van der Waals surface area contributed by atoms with Gasteiger partial charge in [-0.1, -0.05) is 12.1 Å². The summed E-state index contributed by atoms with van der Waals surface area (Å²) in [5.74, 6) is 4.25. The molecule has 0 amide bonds. The highest BCUT2D eigenvalue weighted by Crippen LogP contribution is 2.41. The Morgan fingerprint density at radius 3 is 3.10 bits per heavy atom. The number of halogens is 1. The summed E-state index contributed by atoms with van der Waals surface area (Å²) >= 11 is 8.01. The second-order valence-electron chi connectivity index (χ2n) is 5.65. The van der Waals surface area contributed by atoms with Crippen molar-refractivity contribution in [1.82, 2.24) is 0 Å². The summed E-state index contributed by atoms with van der Waals surface area (Å²) in [5, 5.41) is 0. The van der Waals surface area contributed by atoms with Gasteiger partial charge < -0.3 is 14.2 Å². The van der Waals surface area contributed by atoms with Crippen LogP contribution in [0.25, 0.3) is 0 Å². The van der Waals surface area contributed by atoms with E-state index in [0.717, 1.165) is 48.7 Å². The molecule has 3 rings (SSSR count). The Labute approximate surface area is 135 Å². The monoisotopic (exact) mass is 328 g/mol. The molecular weight excluding hydrogens is 308 g/mol. The molecule has 0 bridgehead atoms. The molecule has 5 heteroatoms. The lowest BCUT2D eigenvalue weighted by molar-refractivity contribution is -0.0962. The van der Waals surface area contributed by atoms with E-state index < -0.39 is 0 Å². The average molecular weight is 329 g/mol. The second kappa shape index (κ2) is 6.67. The van der Waals surface area contributed by atoms with Gasteiger partial charge in [-0.15, -0.1) is 11.6 Å². The number of para-hydroxylation sites is 1. The average Bonchev–Trinajstić information content (AvgIpc) is 2.95. The van der Waals surface area contributed by atoms with Crippen LogP contribution in [0.15, 0.2) is 18.2 Å². The Morgan fingerprint density at radius 2 is 2.38 bits per heavy atom. The Balaban J connectivity index is 1.77. The molecule has 0 N–H and O–H groups in total. The number of methoxy groups -OCH3 is 1. The first-order valence-corrected chi connectivity index (χ1v) is 9.05. The fourth-order valence-corrected chi connectivity index (χ4v) is 4.66. The van der Waals surface area contributed by atoms with Crippen molar-refractivity contribution in [2.75, 3.05) is 25.2 Å². The molecule has 2 aliphatic heterocycles. The van der Waals surface area contributed by atoms with Crippen molar-refractivity contribution in [3.8, 4) is 11.5 Å². The largest absolute Gasteiger partial charge is 0.493 e. The van der Waals surface area contributed by atoms with Crippen LogP contribution in [0.2, 0.25) is 0 Å². The molecule has 2 aliphatic rings. The predicted octanol–water partition coefficient (Wildman–Crippen LogP) is 3.87. The van der Waals surface area contributed by atoms with Crippen LogP contribution in [0.5, 0.6) is 11.5 Å². The third kappa shape index (κ3) is 3.27. The SMILES string of the molecule is COc1cccc(CCl)c1OC1CCOC2(CCSC2)C1. The van der Waals surface area contributed by atoms with Gasteiger partial charge in [0.1, 0.15) is 6.10 Å². The summed E-state index contributed by atoms with van der Waals surface area (Å²) in [6, 6.07) is 5.86. The molecule has 2 heterocycles. The number of benzene rings is 1. The van der Waals surface area contributed by atoms with Crippen LogP contribution in [0.1, 0.15) is 24.8 Å². The van der Waals surface area contributed by atoms with E-state index in [2.05, 4.69) is 0 Å². The highest BCUT2D eigenvalue weighted by atomic mass is 35.5. The maximum atomic E-state index is 6.29. The molecule has 1 spiro atoms. The van der Waals surface area contributed by atoms with Crippen LogP contribution < -0.4 is 9.47 Å². The number of thioether (sulfide) groups is 1. The van der Waals surface area contributed by atoms with E-state index in [9.17, 15) is 0 Å². The van der Waals surface area contributed by atoms with Gasteiger partial charge in [-0.05, 0) is 18.2 Å². The lowest BCUT2D eigenvalue weighted by Crippen LogP contribution is -2.43. The van der Waals surface area contributed by atoms with Gasteiger partial charge in [-0.3, -0.25) is 0 Å². The van der Waals surface area contributed by atoms with Crippen LogP contribution in [0, 0.1) is 0 Å². The highest BCUT2D eigenvalue weighted by molar-refractivity contribution is 7.99. The summed E-state index contributed by atoms with van der Waals surface area (Å²) in [7, 11) is 1.67. The van der Waals surface area contributed by atoms with E-state index in [0.29, 0.717) is 5.88 Å². The molecular formula is C16H21ClO3S.